The lowest BCUT2D eigenvalue weighted by atomic mass is 10.1. The van der Waals surface area contributed by atoms with Gasteiger partial charge >= 0.3 is 5.97 Å². The van der Waals surface area contributed by atoms with E-state index in [0.717, 1.165) is 6.42 Å². The summed E-state index contributed by atoms with van der Waals surface area (Å²) in [7, 11) is 0. The number of rotatable bonds is 13. The topological polar surface area (TPSA) is 243 Å². The molecule has 0 bridgehead atoms. The molecule has 0 aliphatic carbocycles. The maximum Gasteiger partial charge on any atom is 0.326 e. The molecule has 1 aliphatic rings. The Morgan fingerprint density at radius 3 is 2.03 bits per heavy atom. The van der Waals surface area contributed by atoms with E-state index >= 15 is 0 Å². The molecule has 1 aliphatic heterocycles. The molecule has 4 atom stereocenters. The van der Waals surface area contributed by atoms with Gasteiger partial charge < -0.3 is 42.9 Å². The molecule has 14 heteroatoms. The molecule has 0 aromatic carbocycles. The summed E-state index contributed by atoms with van der Waals surface area (Å²) in [5.41, 5.74) is 10.0. The predicted molar refractivity (Wildman–Crippen MR) is 104 cm³/mol. The van der Waals surface area contributed by atoms with E-state index < -0.39 is 72.7 Å². The first-order valence-electron chi connectivity index (χ1n) is 9.59. The van der Waals surface area contributed by atoms with Gasteiger partial charge in [0.15, 0.2) is 0 Å². The smallest absolute Gasteiger partial charge is 0.326 e. The minimum Gasteiger partial charge on any atom is -0.480 e. The van der Waals surface area contributed by atoms with Gasteiger partial charge in [0.25, 0.3) is 0 Å². The minimum atomic E-state index is -1.65. The Bertz CT molecular complexity index is 709. The van der Waals surface area contributed by atoms with Gasteiger partial charge in [-0.05, 0) is 25.8 Å². The highest BCUT2D eigenvalue weighted by molar-refractivity contribution is 5.95. The van der Waals surface area contributed by atoms with Crippen molar-refractivity contribution in [2.75, 3.05) is 13.2 Å². The second-order valence-corrected chi connectivity index (χ2v) is 7.03. The number of hydrogen-bond donors (Lipinski definition) is 8. The Morgan fingerprint density at radius 2 is 1.55 bits per heavy atom. The normalized spacial score (nSPS) is 18.3. The van der Waals surface area contributed by atoms with E-state index in [9.17, 15) is 33.9 Å². The number of carbonyl (C=O) groups is 6. The average Bonchev–Trinajstić information content (AvgIpc) is 3.22. The van der Waals surface area contributed by atoms with Crippen LogP contribution in [0.2, 0.25) is 0 Å². The van der Waals surface area contributed by atoms with Crippen molar-refractivity contribution in [2.45, 2.75) is 56.3 Å². The number of aliphatic hydroxyl groups excluding tert-OH is 1. The number of carboxylic acids is 1. The zero-order chi connectivity index (χ0) is 23.6. The first kappa shape index (κ1) is 25.8. The van der Waals surface area contributed by atoms with Crippen molar-refractivity contribution in [3.63, 3.8) is 0 Å². The molecule has 1 heterocycles. The first-order chi connectivity index (χ1) is 14.5. The Hall–Kier alpha value is -3.26. The third-order valence-corrected chi connectivity index (χ3v) is 4.52. The van der Waals surface area contributed by atoms with Crippen molar-refractivity contribution in [3.8, 4) is 0 Å². The lowest BCUT2D eigenvalue weighted by Gasteiger charge is -2.24. The van der Waals surface area contributed by atoms with Gasteiger partial charge in [0, 0.05) is 6.42 Å². The standard InChI is InChI=1S/C17H28N6O8/c18-12(25)4-3-9(15(28)22-10(17(30)31)6-13(19)26)21-16(29)11(7-24)23-14(27)8-2-1-5-20-8/h8-11,20,24H,1-7H2,(H2,18,25)(H2,19,26)(H,21,29)(H,22,28)(H,23,27)(H,30,31). The lowest BCUT2D eigenvalue weighted by molar-refractivity contribution is -0.144. The van der Waals surface area contributed by atoms with Crippen molar-refractivity contribution in [3.05, 3.63) is 0 Å². The first-order valence-corrected chi connectivity index (χ1v) is 9.59. The maximum absolute atomic E-state index is 12.5. The molecule has 0 aromatic rings. The molecular formula is C17H28N6O8. The lowest BCUT2D eigenvalue weighted by Crippen LogP contribution is -2.58. The van der Waals surface area contributed by atoms with Crippen LogP contribution in [0.5, 0.6) is 0 Å². The Labute approximate surface area is 177 Å². The Kier molecular flexibility index (Phi) is 10.3. The summed E-state index contributed by atoms with van der Waals surface area (Å²) in [6.45, 7) is -0.132. The number of hydrogen-bond acceptors (Lipinski definition) is 8. The second kappa shape index (κ2) is 12.4. The third-order valence-electron chi connectivity index (χ3n) is 4.52. The zero-order valence-electron chi connectivity index (χ0n) is 16.8. The second-order valence-electron chi connectivity index (χ2n) is 7.03. The molecule has 1 saturated heterocycles. The highest BCUT2D eigenvalue weighted by atomic mass is 16.4. The van der Waals surface area contributed by atoms with Crippen LogP contribution in [0, 0.1) is 0 Å². The summed E-state index contributed by atoms with van der Waals surface area (Å²) in [4.78, 5) is 70.4. The van der Waals surface area contributed by atoms with Gasteiger partial charge in [0.05, 0.1) is 19.1 Å². The summed E-state index contributed by atoms with van der Waals surface area (Å²) in [6.07, 6.45) is 0.0343. The number of carboxylic acid groups (broad SMARTS) is 1. The van der Waals surface area contributed by atoms with Crippen LogP contribution in [-0.2, 0) is 28.8 Å². The summed E-state index contributed by atoms with van der Waals surface area (Å²) in [5, 5.41) is 28.2. The summed E-state index contributed by atoms with van der Waals surface area (Å²) >= 11 is 0. The summed E-state index contributed by atoms with van der Waals surface area (Å²) in [6, 6.07) is -4.98. The number of carbonyl (C=O) groups excluding carboxylic acids is 5. The van der Waals surface area contributed by atoms with Crippen LogP contribution < -0.4 is 32.7 Å². The van der Waals surface area contributed by atoms with Crippen LogP contribution in [-0.4, -0.2) is 83.0 Å². The molecule has 0 aromatic heterocycles. The fourth-order valence-electron chi connectivity index (χ4n) is 2.88. The van der Waals surface area contributed by atoms with Crippen molar-refractivity contribution < 1.29 is 39.0 Å². The van der Waals surface area contributed by atoms with E-state index in [-0.39, 0.29) is 12.8 Å². The number of amides is 5. The molecule has 10 N–H and O–H groups in total. The van der Waals surface area contributed by atoms with Crippen LogP contribution in [0.1, 0.15) is 32.1 Å². The molecule has 1 fully saturated rings. The number of aliphatic carboxylic acids is 1. The molecule has 174 valence electrons. The van der Waals surface area contributed by atoms with E-state index in [4.69, 9.17) is 16.6 Å². The molecular weight excluding hydrogens is 416 g/mol. The van der Waals surface area contributed by atoms with E-state index in [2.05, 4.69) is 21.3 Å². The summed E-state index contributed by atoms with van der Waals surface area (Å²) in [5.74, 6) is -5.73. The Morgan fingerprint density at radius 1 is 0.935 bits per heavy atom. The number of nitrogens with two attached hydrogens (primary N) is 2. The molecule has 14 nitrogen and oxygen atoms in total. The van der Waals surface area contributed by atoms with Crippen molar-refractivity contribution in [1.82, 2.24) is 21.3 Å². The largest absolute Gasteiger partial charge is 0.480 e. The van der Waals surface area contributed by atoms with Crippen LogP contribution in [0.4, 0.5) is 0 Å². The van der Waals surface area contributed by atoms with Gasteiger partial charge in [0.2, 0.25) is 29.5 Å². The highest BCUT2D eigenvalue weighted by Gasteiger charge is 2.31. The summed E-state index contributed by atoms with van der Waals surface area (Å²) < 4.78 is 0. The Balaban J connectivity index is 2.84. The van der Waals surface area contributed by atoms with Crippen molar-refractivity contribution in [1.29, 1.82) is 0 Å². The van der Waals surface area contributed by atoms with E-state index in [0.29, 0.717) is 13.0 Å². The van der Waals surface area contributed by atoms with Crippen molar-refractivity contribution >= 4 is 35.5 Å². The van der Waals surface area contributed by atoms with Crippen LogP contribution in [0.3, 0.4) is 0 Å². The molecule has 0 spiro atoms. The van der Waals surface area contributed by atoms with Gasteiger partial charge in [-0.1, -0.05) is 0 Å². The maximum atomic E-state index is 12.5. The van der Waals surface area contributed by atoms with Gasteiger partial charge in [0.1, 0.15) is 18.1 Å². The average molecular weight is 444 g/mol. The molecule has 5 amide bonds. The van der Waals surface area contributed by atoms with E-state index in [1.807, 2.05) is 0 Å². The fourth-order valence-corrected chi connectivity index (χ4v) is 2.88. The quantitative estimate of drug-likeness (QED) is 0.136. The van der Waals surface area contributed by atoms with Crippen molar-refractivity contribution in [2.24, 2.45) is 11.5 Å². The SMILES string of the molecule is NC(=O)CCC(NC(=O)C(CO)NC(=O)C1CCCN1)C(=O)NC(CC(N)=O)C(=O)O. The monoisotopic (exact) mass is 444 g/mol. The number of nitrogens with one attached hydrogen (secondary N) is 4. The van der Waals surface area contributed by atoms with Gasteiger partial charge in [-0.2, -0.15) is 0 Å². The third kappa shape index (κ3) is 8.96. The fraction of sp³-hybridized carbons (Fsp3) is 0.647. The van der Waals surface area contributed by atoms with E-state index in [1.165, 1.54) is 0 Å². The van der Waals surface area contributed by atoms with Gasteiger partial charge in [-0.25, -0.2) is 4.79 Å². The van der Waals surface area contributed by atoms with E-state index in [1.54, 1.807) is 0 Å². The molecule has 0 radical (unpaired) electrons. The number of primary amides is 2. The zero-order valence-corrected chi connectivity index (χ0v) is 16.8. The van der Waals surface area contributed by atoms with Crippen LogP contribution in [0.15, 0.2) is 0 Å². The van der Waals surface area contributed by atoms with Crippen LogP contribution >= 0.6 is 0 Å². The van der Waals surface area contributed by atoms with Crippen LogP contribution in [0.25, 0.3) is 0 Å². The minimum absolute atomic E-state index is 0.286. The molecule has 31 heavy (non-hydrogen) atoms. The highest BCUT2D eigenvalue weighted by Crippen LogP contribution is 2.06. The molecule has 4 unspecified atom stereocenters. The van der Waals surface area contributed by atoms with Gasteiger partial charge in [-0.3, -0.25) is 24.0 Å². The number of aliphatic hydroxyl groups is 1. The molecule has 1 rings (SSSR count). The predicted octanol–water partition coefficient (Wildman–Crippen LogP) is -4.59. The molecule has 0 saturated carbocycles. The van der Waals surface area contributed by atoms with Gasteiger partial charge in [-0.15, -0.1) is 0 Å².